The fourth-order valence-electron chi connectivity index (χ4n) is 3.99. The van der Waals surface area contributed by atoms with E-state index in [0.717, 1.165) is 14.4 Å². The van der Waals surface area contributed by atoms with Gasteiger partial charge in [-0.25, -0.2) is 23.4 Å². The van der Waals surface area contributed by atoms with Gasteiger partial charge in [-0.15, -0.1) is 17.9 Å². The van der Waals surface area contributed by atoms with E-state index in [1.807, 2.05) is 6.07 Å². The molecule has 1 aromatic carbocycles. The molecular formula is C22H20ClN7O4S2. The van der Waals surface area contributed by atoms with Gasteiger partial charge in [-0.2, -0.15) is 4.31 Å². The normalized spacial score (nSPS) is 15.9. The lowest BCUT2D eigenvalue weighted by molar-refractivity contribution is -0.137. The van der Waals surface area contributed by atoms with Crippen molar-refractivity contribution in [1.29, 1.82) is 0 Å². The number of anilines is 1. The minimum absolute atomic E-state index is 0.0563. The molecule has 0 spiro atoms. The van der Waals surface area contributed by atoms with Crippen LogP contribution in [0.1, 0.15) is 10.1 Å². The van der Waals surface area contributed by atoms with E-state index in [-0.39, 0.29) is 32.0 Å². The number of amides is 2. The first-order valence-corrected chi connectivity index (χ1v) is 13.5. The zero-order valence-electron chi connectivity index (χ0n) is 18.7. The summed E-state index contributed by atoms with van der Waals surface area (Å²) in [6.07, 6.45) is 4.07. The van der Waals surface area contributed by atoms with Crippen LogP contribution in [0.15, 0.2) is 49.6 Å². The SMILES string of the molecule is C=CC(c1cc2ccc(Cl)cc2s1)S(=O)(=O)N1CCN(CC(=O)Nc2ncnc3nc[nH]c23)C(=O)C1. The summed E-state index contributed by atoms with van der Waals surface area (Å²) >= 11 is 7.38. The molecule has 2 amide bonds. The van der Waals surface area contributed by atoms with Gasteiger partial charge in [0.2, 0.25) is 21.8 Å². The molecular weight excluding hydrogens is 526 g/mol. The van der Waals surface area contributed by atoms with E-state index in [9.17, 15) is 18.0 Å². The topological polar surface area (TPSA) is 141 Å². The molecule has 0 aliphatic carbocycles. The highest BCUT2D eigenvalue weighted by molar-refractivity contribution is 7.89. The number of hydrogen-bond donors (Lipinski definition) is 2. The fourth-order valence-corrected chi connectivity index (χ4v) is 7.37. The number of nitrogens with one attached hydrogen (secondary N) is 2. The number of carbonyl (C=O) groups excluding carboxylic acids is 2. The average Bonchev–Trinajstić information content (AvgIpc) is 3.48. The molecule has 4 heterocycles. The van der Waals surface area contributed by atoms with E-state index in [1.165, 1.54) is 35.0 Å². The van der Waals surface area contributed by atoms with Crippen LogP contribution >= 0.6 is 22.9 Å². The first-order chi connectivity index (χ1) is 17.3. The smallest absolute Gasteiger partial charge is 0.245 e. The quantitative estimate of drug-likeness (QED) is 0.340. The summed E-state index contributed by atoms with van der Waals surface area (Å²) in [5.74, 6) is -0.697. The Morgan fingerprint density at radius 3 is 2.89 bits per heavy atom. The number of benzene rings is 1. The van der Waals surface area contributed by atoms with Crippen molar-refractivity contribution >= 4 is 71.8 Å². The Morgan fingerprint density at radius 2 is 2.11 bits per heavy atom. The molecule has 1 aliphatic heterocycles. The Labute approximate surface area is 214 Å². The number of piperazine rings is 1. The third kappa shape index (κ3) is 4.57. The van der Waals surface area contributed by atoms with Crippen LogP contribution < -0.4 is 5.32 Å². The Bertz CT molecular complexity index is 1600. The van der Waals surface area contributed by atoms with Gasteiger partial charge < -0.3 is 15.2 Å². The van der Waals surface area contributed by atoms with Gasteiger partial charge in [0.1, 0.15) is 17.1 Å². The van der Waals surface area contributed by atoms with Gasteiger partial charge in [0.15, 0.2) is 11.5 Å². The molecule has 3 aromatic heterocycles. The van der Waals surface area contributed by atoms with Gasteiger partial charge in [-0.3, -0.25) is 9.59 Å². The molecule has 2 N–H and O–H groups in total. The number of thiophene rings is 1. The predicted octanol–water partition coefficient (Wildman–Crippen LogP) is 2.56. The first-order valence-electron chi connectivity index (χ1n) is 10.8. The molecule has 1 aliphatic rings. The number of rotatable bonds is 7. The van der Waals surface area contributed by atoms with Gasteiger partial charge in [0.25, 0.3) is 0 Å². The van der Waals surface area contributed by atoms with Gasteiger partial charge in [0, 0.05) is 27.7 Å². The predicted molar refractivity (Wildman–Crippen MR) is 137 cm³/mol. The molecule has 11 nitrogen and oxygen atoms in total. The van der Waals surface area contributed by atoms with Gasteiger partial charge in [-0.1, -0.05) is 23.7 Å². The van der Waals surface area contributed by atoms with E-state index in [2.05, 4.69) is 31.8 Å². The minimum atomic E-state index is -3.92. The number of nitrogens with zero attached hydrogens (tertiary/aromatic N) is 5. The number of H-pyrrole nitrogens is 1. The standard InChI is InChI=1S/C22H20ClN7O4S2/c1-2-17(16-7-13-3-4-14(23)8-15(13)35-16)36(33,34)30-6-5-29(19(32)10-30)9-18(31)28-22-20-21(25-11-24-20)26-12-27-22/h2-4,7-8,11-12,17H,1,5-6,9-10H2,(H2,24,25,26,27,28,31). The van der Waals surface area contributed by atoms with Crippen molar-refractivity contribution in [2.24, 2.45) is 0 Å². The van der Waals surface area contributed by atoms with Crippen molar-refractivity contribution in [3.05, 3.63) is 59.5 Å². The lowest BCUT2D eigenvalue weighted by Crippen LogP contribution is -2.54. The van der Waals surface area contributed by atoms with E-state index in [4.69, 9.17) is 11.6 Å². The van der Waals surface area contributed by atoms with Gasteiger partial charge in [-0.05, 0) is 23.6 Å². The molecule has 14 heteroatoms. The summed E-state index contributed by atoms with van der Waals surface area (Å²) in [5, 5.41) is 3.07. The van der Waals surface area contributed by atoms with Crippen LogP contribution in [0.4, 0.5) is 5.82 Å². The third-order valence-corrected chi connectivity index (χ3v) is 9.46. The van der Waals surface area contributed by atoms with Gasteiger partial charge >= 0.3 is 0 Å². The van der Waals surface area contributed by atoms with Crippen molar-refractivity contribution < 1.29 is 18.0 Å². The maximum Gasteiger partial charge on any atom is 0.245 e. The van der Waals surface area contributed by atoms with E-state index in [1.54, 1.807) is 18.2 Å². The fraction of sp³-hybridized carbons (Fsp3) is 0.227. The molecule has 4 aromatic rings. The van der Waals surface area contributed by atoms with Crippen molar-refractivity contribution in [2.45, 2.75) is 5.25 Å². The summed E-state index contributed by atoms with van der Waals surface area (Å²) < 4.78 is 28.9. The maximum absolute atomic E-state index is 13.4. The molecule has 1 atom stereocenters. The number of aromatic nitrogens is 4. The maximum atomic E-state index is 13.4. The second-order valence-corrected chi connectivity index (χ2v) is 11.7. The Balaban J connectivity index is 1.26. The number of sulfonamides is 1. The van der Waals surface area contributed by atoms with Crippen molar-refractivity contribution in [3.8, 4) is 0 Å². The minimum Gasteiger partial charge on any atom is -0.340 e. The number of imidazole rings is 1. The first kappa shape index (κ1) is 24.3. The van der Waals surface area contributed by atoms with Gasteiger partial charge in [0.05, 0.1) is 19.4 Å². The summed E-state index contributed by atoms with van der Waals surface area (Å²) in [6.45, 7) is 3.24. The molecule has 0 radical (unpaired) electrons. The zero-order valence-corrected chi connectivity index (χ0v) is 21.1. The van der Waals surface area contributed by atoms with Crippen LogP contribution in [-0.4, -0.2) is 75.6 Å². The average molecular weight is 546 g/mol. The van der Waals surface area contributed by atoms with Crippen molar-refractivity contribution in [1.82, 2.24) is 29.1 Å². The third-order valence-electron chi connectivity index (χ3n) is 5.78. The lowest BCUT2D eigenvalue weighted by Gasteiger charge is -2.34. The Hall–Kier alpha value is -3.39. The molecule has 1 fully saturated rings. The van der Waals surface area contributed by atoms with E-state index in [0.29, 0.717) is 21.1 Å². The molecule has 5 rings (SSSR count). The summed E-state index contributed by atoms with van der Waals surface area (Å²) in [5.41, 5.74) is 0.862. The molecule has 1 saturated heterocycles. The second-order valence-electron chi connectivity index (χ2n) is 8.05. The van der Waals surface area contributed by atoms with E-state index < -0.39 is 27.1 Å². The monoisotopic (exact) mass is 545 g/mol. The highest BCUT2D eigenvalue weighted by Gasteiger charge is 2.37. The van der Waals surface area contributed by atoms with Crippen molar-refractivity contribution in [3.63, 3.8) is 0 Å². The zero-order chi connectivity index (χ0) is 25.4. The highest BCUT2D eigenvalue weighted by atomic mass is 35.5. The summed E-state index contributed by atoms with van der Waals surface area (Å²) in [7, 11) is -3.92. The summed E-state index contributed by atoms with van der Waals surface area (Å²) in [6, 6.07) is 7.15. The molecule has 186 valence electrons. The Morgan fingerprint density at radius 1 is 1.28 bits per heavy atom. The molecule has 1 unspecified atom stereocenters. The van der Waals surface area contributed by atoms with Crippen LogP contribution in [0.2, 0.25) is 5.02 Å². The second kappa shape index (κ2) is 9.58. The number of halogens is 1. The van der Waals surface area contributed by atoms with Crippen LogP contribution in [-0.2, 0) is 19.6 Å². The molecule has 0 saturated carbocycles. The number of carbonyl (C=O) groups is 2. The van der Waals surface area contributed by atoms with Crippen LogP contribution in [0, 0.1) is 0 Å². The number of hydrogen-bond acceptors (Lipinski definition) is 8. The van der Waals surface area contributed by atoms with Crippen LogP contribution in [0.3, 0.4) is 0 Å². The van der Waals surface area contributed by atoms with Crippen LogP contribution in [0.5, 0.6) is 0 Å². The Kier molecular flexibility index (Phi) is 6.47. The number of aromatic amines is 1. The molecule has 36 heavy (non-hydrogen) atoms. The summed E-state index contributed by atoms with van der Waals surface area (Å²) in [4.78, 5) is 42.1. The lowest BCUT2D eigenvalue weighted by atomic mass is 10.2. The van der Waals surface area contributed by atoms with Crippen LogP contribution in [0.25, 0.3) is 21.3 Å². The molecule has 0 bridgehead atoms. The van der Waals surface area contributed by atoms with E-state index >= 15 is 0 Å². The largest absolute Gasteiger partial charge is 0.340 e. The number of fused-ring (bicyclic) bond motifs is 2. The van der Waals surface area contributed by atoms with Crippen molar-refractivity contribution in [2.75, 3.05) is 31.5 Å². The highest BCUT2D eigenvalue weighted by Crippen LogP contribution is 2.37.